The van der Waals surface area contributed by atoms with Crippen molar-refractivity contribution in [1.82, 2.24) is 5.32 Å². The second-order valence-corrected chi connectivity index (χ2v) is 4.00. The molecular formula is C14H19NO6. The van der Waals surface area contributed by atoms with Crippen LogP contribution in [0, 0.1) is 0 Å². The lowest BCUT2D eigenvalue weighted by Gasteiger charge is -2.14. The lowest BCUT2D eigenvalue weighted by Crippen LogP contribution is -2.26. The molecule has 1 N–H and O–H groups in total. The highest BCUT2D eigenvalue weighted by molar-refractivity contribution is 5.95. The van der Waals surface area contributed by atoms with Gasteiger partial charge in [0, 0.05) is 12.1 Å². The second kappa shape index (κ2) is 7.98. The third kappa shape index (κ3) is 4.27. The van der Waals surface area contributed by atoms with Crippen LogP contribution in [-0.2, 0) is 9.53 Å². The predicted octanol–water partition coefficient (Wildman–Crippen LogP) is 1.01. The highest BCUT2D eigenvalue weighted by Gasteiger charge is 2.16. The molecular weight excluding hydrogens is 278 g/mol. The molecule has 0 aliphatic carbocycles. The van der Waals surface area contributed by atoms with Gasteiger partial charge in [0.1, 0.15) is 0 Å². The van der Waals surface area contributed by atoms with Crippen LogP contribution in [0.2, 0.25) is 0 Å². The van der Waals surface area contributed by atoms with Crippen LogP contribution in [-0.4, -0.2) is 46.9 Å². The maximum atomic E-state index is 12.0. The Morgan fingerprint density at radius 1 is 1.00 bits per heavy atom. The van der Waals surface area contributed by atoms with Crippen molar-refractivity contribution < 1.29 is 28.5 Å². The Balaban J connectivity index is 2.87. The molecule has 0 atom stereocenters. The molecule has 0 aliphatic heterocycles. The molecule has 1 aromatic carbocycles. The summed E-state index contributed by atoms with van der Waals surface area (Å²) in [6.07, 6.45) is 0.104. The third-order valence-corrected chi connectivity index (χ3v) is 2.77. The Bertz CT molecular complexity index is 489. The average Bonchev–Trinajstić information content (AvgIpc) is 2.52. The van der Waals surface area contributed by atoms with E-state index in [1.54, 1.807) is 0 Å². The van der Waals surface area contributed by atoms with Crippen LogP contribution in [0.3, 0.4) is 0 Å². The molecule has 7 heteroatoms. The van der Waals surface area contributed by atoms with Crippen LogP contribution in [0.5, 0.6) is 17.2 Å². The molecule has 0 heterocycles. The van der Waals surface area contributed by atoms with Crippen molar-refractivity contribution in [3.05, 3.63) is 17.7 Å². The van der Waals surface area contributed by atoms with Crippen LogP contribution in [0.15, 0.2) is 12.1 Å². The minimum Gasteiger partial charge on any atom is -0.493 e. The second-order valence-electron chi connectivity index (χ2n) is 4.00. The van der Waals surface area contributed by atoms with Gasteiger partial charge < -0.3 is 24.3 Å². The zero-order valence-corrected chi connectivity index (χ0v) is 12.5. The topological polar surface area (TPSA) is 83.1 Å². The number of esters is 1. The summed E-state index contributed by atoms with van der Waals surface area (Å²) in [4.78, 5) is 23.0. The lowest BCUT2D eigenvalue weighted by atomic mass is 10.1. The maximum absolute atomic E-state index is 12.0. The Morgan fingerprint density at radius 3 is 2.00 bits per heavy atom. The van der Waals surface area contributed by atoms with E-state index < -0.39 is 0 Å². The van der Waals surface area contributed by atoms with E-state index in [0.29, 0.717) is 22.8 Å². The number of carbonyl (C=O) groups is 2. The highest BCUT2D eigenvalue weighted by Crippen LogP contribution is 2.38. The number of benzene rings is 1. The summed E-state index contributed by atoms with van der Waals surface area (Å²) in [6.45, 7) is 0.183. The molecule has 1 rings (SSSR count). The molecule has 0 fully saturated rings. The van der Waals surface area contributed by atoms with Gasteiger partial charge in [-0.05, 0) is 12.1 Å². The molecule has 116 valence electrons. The van der Waals surface area contributed by atoms with Crippen molar-refractivity contribution >= 4 is 11.9 Å². The molecule has 0 aliphatic rings. The van der Waals surface area contributed by atoms with E-state index in [9.17, 15) is 9.59 Å². The molecule has 1 aromatic rings. The van der Waals surface area contributed by atoms with Gasteiger partial charge in [-0.1, -0.05) is 0 Å². The van der Waals surface area contributed by atoms with Gasteiger partial charge in [-0.25, -0.2) is 0 Å². The number of rotatable bonds is 7. The number of hydrogen-bond donors (Lipinski definition) is 1. The average molecular weight is 297 g/mol. The first kappa shape index (κ1) is 16.6. The molecule has 0 radical (unpaired) electrons. The first-order chi connectivity index (χ1) is 10.1. The molecule has 0 saturated carbocycles. The summed E-state index contributed by atoms with van der Waals surface area (Å²) in [5.74, 6) is 0.439. The normalized spacial score (nSPS) is 9.71. The van der Waals surface area contributed by atoms with Gasteiger partial charge in [-0.3, -0.25) is 9.59 Å². The number of carbonyl (C=O) groups excluding carboxylic acids is 2. The zero-order valence-electron chi connectivity index (χ0n) is 12.5. The fourth-order valence-electron chi connectivity index (χ4n) is 1.69. The van der Waals surface area contributed by atoms with Gasteiger partial charge in [-0.15, -0.1) is 0 Å². The van der Waals surface area contributed by atoms with E-state index >= 15 is 0 Å². The fraction of sp³-hybridized carbons (Fsp3) is 0.429. The van der Waals surface area contributed by atoms with E-state index in [1.807, 2.05) is 0 Å². The van der Waals surface area contributed by atoms with Crippen LogP contribution >= 0.6 is 0 Å². The molecule has 0 spiro atoms. The predicted molar refractivity (Wildman–Crippen MR) is 75.1 cm³/mol. The summed E-state index contributed by atoms with van der Waals surface area (Å²) >= 11 is 0. The number of ether oxygens (including phenoxy) is 4. The molecule has 0 aromatic heterocycles. The van der Waals surface area contributed by atoms with E-state index in [-0.39, 0.29) is 24.8 Å². The van der Waals surface area contributed by atoms with Crippen molar-refractivity contribution in [2.45, 2.75) is 6.42 Å². The quantitative estimate of drug-likeness (QED) is 0.756. The van der Waals surface area contributed by atoms with Crippen LogP contribution < -0.4 is 19.5 Å². The minimum absolute atomic E-state index is 0.104. The number of amides is 1. The molecule has 0 bridgehead atoms. The van der Waals surface area contributed by atoms with Crippen molar-refractivity contribution in [3.63, 3.8) is 0 Å². The minimum atomic E-state index is -0.389. The lowest BCUT2D eigenvalue weighted by molar-refractivity contribution is -0.140. The molecule has 0 unspecified atom stereocenters. The highest BCUT2D eigenvalue weighted by atomic mass is 16.5. The SMILES string of the molecule is COC(=O)CCNC(=O)c1cc(OC)c(OC)c(OC)c1. The third-order valence-electron chi connectivity index (χ3n) is 2.77. The zero-order chi connectivity index (χ0) is 15.8. The molecule has 21 heavy (non-hydrogen) atoms. The fourth-order valence-corrected chi connectivity index (χ4v) is 1.69. The first-order valence-electron chi connectivity index (χ1n) is 6.22. The summed E-state index contributed by atoms with van der Waals surface area (Å²) in [5.41, 5.74) is 0.342. The standard InChI is InChI=1S/C14H19NO6/c1-18-10-7-9(8-11(19-2)13(10)21-4)14(17)15-6-5-12(16)20-3/h7-8H,5-6H2,1-4H3,(H,15,17). The first-order valence-corrected chi connectivity index (χ1v) is 6.22. The molecule has 1 amide bonds. The summed E-state index contributed by atoms with van der Waals surface area (Å²) in [5, 5.41) is 2.61. The summed E-state index contributed by atoms with van der Waals surface area (Å²) in [7, 11) is 5.71. The Morgan fingerprint density at radius 2 is 1.57 bits per heavy atom. The van der Waals surface area contributed by atoms with Crippen LogP contribution in [0.25, 0.3) is 0 Å². The molecule has 0 saturated heterocycles. The van der Waals surface area contributed by atoms with Gasteiger partial charge in [0.2, 0.25) is 5.75 Å². The van der Waals surface area contributed by atoms with E-state index in [1.165, 1.54) is 40.6 Å². The van der Waals surface area contributed by atoms with Crippen molar-refractivity contribution in [3.8, 4) is 17.2 Å². The number of nitrogens with one attached hydrogen (secondary N) is 1. The Hall–Kier alpha value is -2.44. The van der Waals surface area contributed by atoms with E-state index in [4.69, 9.17) is 14.2 Å². The van der Waals surface area contributed by atoms with Gasteiger partial charge in [0.15, 0.2) is 11.5 Å². The number of methoxy groups -OCH3 is 4. The van der Waals surface area contributed by atoms with Gasteiger partial charge in [0.25, 0.3) is 5.91 Å². The van der Waals surface area contributed by atoms with Crippen molar-refractivity contribution in [1.29, 1.82) is 0 Å². The van der Waals surface area contributed by atoms with Gasteiger partial charge in [-0.2, -0.15) is 0 Å². The van der Waals surface area contributed by atoms with Crippen molar-refractivity contribution in [2.75, 3.05) is 35.0 Å². The van der Waals surface area contributed by atoms with Crippen LogP contribution in [0.1, 0.15) is 16.8 Å². The largest absolute Gasteiger partial charge is 0.493 e. The smallest absolute Gasteiger partial charge is 0.307 e. The van der Waals surface area contributed by atoms with Crippen molar-refractivity contribution in [2.24, 2.45) is 0 Å². The molecule has 7 nitrogen and oxygen atoms in total. The monoisotopic (exact) mass is 297 g/mol. The van der Waals surface area contributed by atoms with Gasteiger partial charge in [0.05, 0.1) is 34.9 Å². The Labute approximate surface area is 123 Å². The van der Waals surface area contributed by atoms with E-state index in [0.717, 1.165) is 0 Å². The van der Waals surface area contributed by atoms with Crippen LogP contribution in [0.4, 0.5) is 0 Å². The maximum Gasteiger partial charge on any atom is 0.307 e. The summed E-state index contributed by atoms with van der Waals surface area (Å²) in [6, 6.07) is 3.07. The number of hydrogen-bond acceptors (Lipinski definition) is 6. The Kier molecular flexibility index (Phi) is 6.32. The summed E-state index contributed by atoms with van der Waals surface area (Å²) < 4.78 is 20.0. The van der Waals surface area contributed by atoms with E-state index in [2.05, 4.69) is 10.1 Å². The van der Waals surface area contributed by atoms with Gasteiger partial charge >= 0.3 is 5.97 Å².